The highest BCUT2D eigenvalue weighted by Gasteiger charge is 2.23. The quantitative estimate of drug-likeness (QED) is 0.786. The van der Waals surface area contributed by atoms with Gasteiger partial charge in [0.15, 0.2) is 0 Å². The number of pyridine rings is 1. The molecule has 3 heterocycles. The summed E-state index contributed by atoms with van der Waals surface area (Å²) < 4.78 is 9.84. The number of nitrogens with one attached hydrogen (secondary N) is 1. The number of ether oxygens (including phenoxy) is 1. The number of imidazole rings is 1. The Kier molecular flexibility index (Phi) is 3.51. The Morgan fingerprint density at radius 2 is 2.19 bits per heavy atom. The Morgan fingerprint density at radius 3 is 3.00 bits per heavy atom. The third-order valence-electron chi connectivity index (χ3n) is 5.23. The van der Waals surface area contributed by atoms with E-state index in [4.69, 9.17) is 9.72 Å². The van der Waals surface area contributed by atoms with Gasteiger partial charge in [0, 0.05) is 49.7 Å². The van der Waals surface area contributed by atoms with Gasteiger partial charge in [0.2, 0.25) is 5.56 Å². The van der Waals surface area contributed by atoms with Crippen LogP contribution in [0.1, 0.15) is 19.3 Å². The highest BCUT2D eigenvalue weighted by Crippen LogP contribution is 2.36. The molecule has 1 aliphatic carbocycles. The number of hydrogen-bond donors (Lipinski definition) is 1. The average molecular weight is 350 g/mol. The molecule has 1 aliphatic heterocycles. The minimum atomic E-state index is -0.0173. The number of aromatic nitrogens is 3. The smallest absolute Gasteiger partial charge is 0.250 e. The minimum Gasteiger partial charge on any atom is -0.491 e. The summed E-state index contributed by atoms with van der Waals surface area (Å²) >= 11 is 0. The zero-order chi connectivity index (χ0) is 17.7. The molecule has 0 radical (unpaired) electrons. The first kappa shape index (κ1) is 15.5. The molecule has 5 rings (SSSR count). The molecule has 2 aromatic heterocycles. The largest absolute Gasteiger partial charge is 0.491 e. The number of hydrogen-bond acceptors (Lipinski definition) is 4. The van der Waals surface area contributed by atoms with Gasteiger partial charge in [-0.25, -0.2) is 4.98 Å². The molecule has 0 spiro atoms. The van der Waals surface area contributed by atoms with Crippen molar-refractivity contribution in [3.05, 3.63) is 40.8 Å². The number of aryl methyl sites for hydroxylation is 2. The molecule has 3 aromatic rings. The van der Waals surface area contributed by atoms with Gasteiger partial charge >= 0.3 is 0 Å². The Morgan fingerprint density at radius 1 is 1.31 bits per heavy atom. The zero-order valence-corrected chi connectivity index (χ0v) is 14.9. The highest BCUT2D eigenvalue weighted by molar-refractivity contribution is 5.89. The second kappa shape index (κ2) is 5.90. The zero-order valence-electron chi connectivity index (χ0n) is 14.9. The first-order chi connectivity index (χ1) is 12.7. The molecular formula is C20H22N4O2. The van der Waals surface area contributed by atoms with Crippen LogP contribution in [0.2, 0.25) is 0 Å². The summed E-state index contributed by atoms with van der Waals surface area (Å²) in [5.41, 5.74) is 3.98. The fourth-order valence-electron chi connectivity index (χ4n) is 3.60. The van der Waals surface area contributed by atoms with Crippen molar-refractivity contribution in [1.29, 1.82) is 0 Å². The molecule has 1 saturated carbocycles. The van der Waals surface area contributed by atoms with Crippen LogP contribution in [-0.2, 0) is 13.6 Å². The summed E-state index contributed by atoms with van der Waals surface area (Å²) in [6.07, 6.45) is 5.43. The number of benzene rings is 1. The van der Waals surface area contributed by atoms with Crippen LogP contribution in [0.4, 0.5) is 5.69 Å². The Balaban J connectivity index is 1.65. The highest BCUT2D eigenvalue weighted by atomic mass is 16.5. The van der Waals surface area contributed by atoms with E-state index in [1.165, 1.54) is 12.8 Å². The van der Waals surface area contributed by atoms with Gasteiger partial charge < -0.3 is 19.2 Å². The molecule has 0 bridgehead atoms. The minimum absolute atomic E-state index is 0.0173. The average Bonchev–Trinajstić information content (AvgIpc) is 3.42. The molecule has 0 amide bonds. The topological polar surface area (TPSA) is 61.1 Å². The molecular weight excluding hydrogens is 328 g/mol. The molecule has 6 heteroatoms. The lowest BCUT2D eigenvalue weighted by Crippen LogP contribution is -2.14. The number of anilines is 1. The molecule has 26 heavy (non-hydrogen) atoms. The van der Waals surface area contributed by atoms with Crippen molar-refractivity contribution in [2.45, 2.75) is 25.8 Å². The summed E-state index contributed by atoms with van der Waals surface area (Å²) in [6.45, 7) is 2.57. The van der Waals surface area contributed by atoms with Gasteiger partial charge in [-0.1, -0.05) is 0 Å². The van der Waals surface area contributed by atoms with Gasteiger partial charge in [0.05, 0.1) is 12.1 Å². The Hall–Kier alpha value is -2.76. The molecule has 0 unspecified atom stereocenters. The van der Waals surface area contributed by atoms with Crippen LogP contribution in [0.15, 0.2) is 35.3 Å². The first-order valence-corrected chi connectivity index (χ1v) is 9.27. The van der Waals surface area contributed by atoms with E-state index in [0.29, 0.717) is 6.61 Å². The fraction of sp³-hybridized carbons (Fsp3) is 0.400. The molecule has 1 fully saturated rings. The van der Waals surface area contributed by atoms with Crippen molar-refractivity contribution in [3.63, 3.8) is 0 Å². The maximum absolute atomic E-state index is 11.7. The summed E-state index contributed by atoms with van der Waals surface area (Å²) in [4.78, 5) is 16.6. The van der Waals surface area contributed by atoms with Crippen molar-refractivity contribution in [3.8, 4) is 17.1 Å². The number of rotatable bonds is 4. The molecule has 1 aromatic carbocycles. The van der Waals surface area contributed by atoms with Gasteiger partial charge in [-0.3, -0.25) is 4.79 Å². The molecule has 134 valence electrons. The monoisotopic (exact) mass is 350 g/mol. The summed E-state index contributed by atoms with van der Waals surface area (Å²) in [7, 11) is 1.77. The van der Waals surface area contributed by atoms with E-state index in [1.54, 1.807) is 17.7 Å². The van der Waals surface area contributed by atoms with Crippen LogP contribution in [0, 0.1) is 5.92 Å². The molecule has 1 N–H and O–H groups in total. The number of nitrogens with zero attached hydrogens (tertiary/aromatic N) is 3. The predicted molar refractivity (Wildman–Crippen MR) is 102 cm³/mol. The van der Waals surface area contributed by atoms with E-state index in [1.807, 2.05) is 12.3 Å². The summed E-state index contributed by atoms with van der Waals surface area (Å²) in [5.74, 6) is 2.59. The van der Waals surface area contributed by atoms with Crippen LogP contribution >= 0.6 is 0 Å². The maximum Gasteiger partial charge on any atom is 0.250 e. The third kappa shape index (κ3) is 2.66. The molecule has 0 saturated heterocycles. The second-order valence-corrected chi connectivity index (χ2v) is 7.32. The van der Waals surface area contributed by atoms with E-state index in [0.717, 1.165) is 59.3 Å². The first-order valence-electron chi connectivity index (χ1n) is 9.27. The summed E-state index contributed by atoms with van der Waals surface area (Å²) in [5, 5.41) is 3.53. The van der Waals surface area contributed by atoms with Crippen molar-refractivity contribution >= 4 is 16.7 Å². The lowest BCUT2D eigenvalue weighted by Gasteiger charge is -2.10. The van der Waals surface area contributed by atoms with Crippen molar-refractivity contribution in [2.75, 3.05) is 18.5 Å². The normalized spacial score (nSPS) is 16.3. The van der Waals surface area contributed by atoms with Crippen LogP contribution in [0.25, 0.3) is 22.4 Å². The van der Waals surface area contributed by atoms with Gasteiger partial charge in [0.25, 0.3) is 0 Å². The van der Waals surface area contributed by atoms with Crippen molar-refractivity contribution in [1.82, 2.24) is 14.1 Å². The van der Waals surface area contributed by atoms with Crippen LogP contribution in [0.5, 0.6) is 5.75 Å². The predicted octanol–water partition coefficient (Wildman–Crippen LogP) is 3.01. The van der Waals surface area contributed by atoms with Gasteiger partial charge in [-0.05, 0) is 37.3 Å². The van der Waals surface area contributed by atoms with E-state index < -0.39 is 0 Å². The maximum atomic E-state index is 11.7. The van der Waals surface area contributed by atoms with Crippen LogP contribution in [0.3, 0.4) is 0 Å². The third-order valence-corrected chi connectivity index (χ3v) is 5.23. The molecule has 0 atom stereocenters. The van der Waals surface area contributed by atoms with Gasteiger partial charge in [-0.2, -0.15) is 0 Å². The summed E-state index contributed by atoms with van der Waals surface area (Å²) in [6, 6.07) is 7.65. The van der Waals surface area contributed by atoms with Crippen LogP contribution in [-0.4, -0.2) is 27.3 Å². The second-order valence-electron chi connectivity index (χ2n) is 7.32. The standard InChI is InChI=1S/C20H22N4O2/c1-23-12-14(5-6-18(23)25)20-22-16-9-15(21-11-13-3-4-13)10-17-19(16)24(20)7-2-8-26-17/h5-6,9-10,12-13,21H,2-4,7-8,11H2,1H3. The van der Waals surface area contributed by atoms with E-state index in [-0.39, 0.29) is 5.56 Å². The molecule has 6 nitrogen and oxygen atoms in total. The Labute approximate surface area is 151 Å². The fourth-order valence-corrected chi connectivity index (χ4v) is 3.60. The van der Waals surface area contributed by atoms with E-state index in [2.05, 4.69) is 22.0 Å². The molecule has 2 aliphatic rings. The van der Waals surface area contributed by atoms with Gasteiger partial charge in [-0.15, -0.1) is 0 Å². The van der Waals surface area contributed by atoms with Gasteiger partial charge in [0.1, 0.15) is 17.1 Å². The van der Waals surface area contributed by atoms with E-state index in [9.17, 15) is 4.79 Å². The lowest BCUT2D eigenvalue weighted by atomic mass is 10.2. The van der Waals surface area contributed by atoms with Crippen molar-refractivity contribution < 1.29 is 4.74 Å². The SMILES string of the molecule is Cn1cc(-c2nc3cc(NCC4CC4)cc4c3n2CCCO4)ccc1=O. The van der Waals surface area contributed by atoms with Crippen LogP contribution < -0.4 is 15.6 Å². The Bertz CT molecular complexity index is 1050. The van der Waals surface area contributed by atoms with Crippen molar-refractivity contribution in [2.24, 2.45) is 13.0 Å². The van der Waals surface area contributed by atoms with E-state index >= 15 is 0 Å². The lowest BCUT2D eigenvalue weighted by molar-refractivity contribution is 0.316.